The van der Waals surface area contributed by atoms with Gasteiger partial charge in [-0.05, 0) is 78.5 Å². The second-order valence-electron chi connectivity index (χ2n) is 13.1. The van der Waals surface area contributed by atoms with E-state index >= 15 is 0 Å². The molecule has 11 rings (SSSR count). The molecule has 0 aliphatic carbocycles. The Balaban J connectivity index is 1.35. The molecule has 0 atom stereocenters. The van der Waals surface area contributed by atoms with Gasteiger partial charge in [0.15, 0.2) is 0 Å². The summed E-state index contributed by atoms with van der Waals surface area (Å²) < 4.78 is 13.6. The van der Waals surface area contributed by atoms with Crippen molar-refractivity contribution >= 4 is 76.0 Å². The highest BCUT2D eigenvalue weighted by Gasteiger charge is 2.27. The van der Waals surface area contributed by atoms with Crippen LogP contribution in [-0.2, 0) is 0 Å². The first kappa shape index (κ1) is 27.3. The van der Waals surface area contributed by atoms with Crippen molar-refractivity contribution in [3.63, 3.8) is 0 Å². The van der Waals surface area contributed by atoms with E-state index in [2.05, 4.69) is 158 Å². The van der Waals surface area contributed by atoms with Crippen LogP contribution in [0.4, 0.5) is 0 Å². The minimum Gasteiger partial charge on any atom is -0.455 e. The van der Waals surface area contributed by atoms with Crippen molar-refractivity contribution in [2.75, 3.05) is 0 Å². The molecule has 0 aliphatic heterocycles. The molecule has 2 heteroatoms. The molecule has 0 fully saturated rings. The van der Waals surface area contributed by atoms with Crippen LogP contribution in [-0.4, -0.2) is 0 Å². The first-order chi connectivity index (χ1) is 24.8. The van der Waals surface area contributed by atoms with Crippen molar-refractivity contribution in [2.45, 2.75) is 0 Å². The van der Waals surface area contributed by atoms with Gasteiger partial charge in [-0.3, -0.25) is 0 Å². The zero-order valence-corrected chi connectivity index (χ0v) is 27.0. The number of benzene rings is 9. The maximum Gasteiger partial charge on any atom is 0.147 e. The smallest absolute Gasteiger partial charge is 0.147 e. The lowest BCUT2D eigenvalue weighted by Crippen LogP contribution is -1.93. The summed E-state index contributed by atoms with van der Waals surface area (Å²) in [5.41, 5.74) is 8.24. The van der Waals surface area contributed by atoms with Gasteiger partial charge >= 0.3 is 0 Å². The van der Waals surface area contributed by atoms with Crippen molar-refractivity contribution in [2.24, 2.45) is 0 Å². The summed E-state index contributed by atoms with van der Waals surface area (Å²) in [6, 6.07) is 60.7. The average molecular weight is 637 g/mol. The first-order valence-corrected chi connectivity index (χ1v) is 17.1. The van der Waals surface area contributed by atoms with Gasteiger partial charge in [-0.1, -0.05) is 146 Å². The number of furan rings is 2. The zero-order valence-electron chi connectivity index (χ0n) is 27.0. The fourth-order valence-electron chi connectivity index (χ4n) is 8.35. The molecule has 0 spiro atoms. The molecule has 50 heavy (non-hydrogen) atoms. The van der Waals surface area contributed by atoms with Crippen LogP contribution < -0.4 is 0 Å². The van der Waals surface area contributed by atoms with Crippen molar-refractivity contribution in [1.29, 1.82) is 0 Å². The lowest BCUT2D eigenvalue weighted by Gasteiger charge is -2.19. The summed E-state index contributed by atoms with van der Waals surface area (Å²) >= 11 is 0. The second-order valence-corrected chi connectivity index (χ2v) is 13.1. The van der Waals surface area contributed by atoms with Crippen LogP contribution >= 0.6 is 0 Å². The number of fused-ring (bicyclic) bond motifs is 10. The Bertz CT molecular complexity index is 3080. The lowest BCUT2D eigenvalue weighted by molar-refractivity contribution is 0.631. The van der Waals surface area contributed by atoms with E-state index < -0.39 is 0 Å². The van der Waals surface area contributed by atoms with Gasteiger partial charge in [-0.2, -0.15) is 0 Å². The maximum absolute atomic E-state index is 6.90. The molecule has 0 bridgehead atoms. The highest BCUT2D eigenvalue weighted by Crippen LogP contribution is 2.52. The Morgan fingerprint density at radius 2 is 0.880 bits per heavy atom. The molecule has 2 aromatic heterocycles. The van der Waals surface area contributed by atoms with Gasteiger partial charge in [0, 0.05) is 27.5 Å². The minimum absolute atomic E-state index is 0.808. The molecule has 0 saturated heterocycles. The van der Waals surface area contributed by atoms with Crippen molar-refractivity contribution in [3.8, 4) is 33.6 Å². The Labute approximate surface area is 287 Å². The van der Waals surface area contributed by atoms with E-state index in [0.717, 1.165) is 55.4 Å². The van der Waals surface area contributed by atoms with E-state index in [1.165, 1.54) is 54.2 Å². The SMILES string of the molecule is c1ccc(-c2oc3ccc4c5ccccc5oc4c3c2-c2c3ccccc3c(-c3cc4ccccc4c4ccccc34)c3ccccc23)cc1. The minimum atomic E-state index is 0.808. The molecule has 0 amide bonds. The third kappa shape index (κ3) is 3.79. The van der Waals surface area contributed by atoms with E-state index in [-0.39, 0.29) is 0 Å². The molecule has 2 heterocycles. The summed E-state index contributed by atoms with van der Waals surface area (Å²) in [7, 11) is 0. The van der Waals surface area contributed by atoms with Gasteiger partial charge < -0.3 is 8.83 Å². The number of rotatable bonds is 3. The Kier molecular flexibility index (Phi) is 5.70. The van der Waals surface area contributed by atoms with Crippen LogP contribution in [0.15, 0.2) is 179 Å². The summed E-state index contributed by atoms with van der Waals surface area (Å²) in [6.07, 6.45) is 0. The second kappa shape index (κ2) is 10.4. The monoisotopic (exact) mass is 636 g/mol. The van der Waals surface area contributed by atoms with Crippen LogP contribution in [0.5, 0.6) is 0 Å². The third-order valence-electron chi connectivity index (χ3n) is 10.5. The predicted molar refractivity (Wildman–Crippen MR) is 210 cm³/mol. The predicted octanol–water partition coefficient (Wildman–Crippen LogP) is 13.9. The van der Waals surface area contributed by atoms with Crippen LogP contribution in [0.3, 0.4) is 0 Å². The quantitative estimate of drug-likeness (QED) is 0.142. The third-order valence-corrected chi connectivity index (χ3v) is 10.5. The van der Waals surface area contributed by atoms with Crippen LogP contribution in [0.2, 0.25) is 0 Å². The molecular formula is C48H28O2. The molecule has 2 nitrogen and oxygen atoms in total. The topological polar surface area (TPSA) is 26.3 Å². The van der Waals surface area contributed by atoms with Crippen molar-refractivity contribution in [1.82, 2.24) is 0 Å². The molecule has 0 N–H and O–H groups in total. The number of hydrogen-bond donors (Lipinski definition) is 0. The molecule has 0 aliphatic rings. The van der Waals surface area contributed by atoms with Gasteiger partial charge in [-0.25, -0.2) is 0 Å². The maximum atomic E-state index is 6.90. The normalized spacial score (nSPS) is 12.0. The summed E-state index contributed by atoms with van der Waals surface area (Å²) in [4.78, 5) is 0. The van der Waals surface area contributed by atoms with Gasteiger partial charge in [0.1, 0.15) is 22.5 Å². The largest absolute Gasteiger partial charge is 0.455 e. The summed E-state index contributed by atoms with van der Waals surface area (Å²) in [5, 5.41) is 12.9. The van der Waals surface area contributed by atoms with Gasteiger partial charge in [0.2, 0.25) is 0 Å². The van der Waals surface area contributed by atoms with Gasteiger partial charge in [0.25, 0.3) is 0 Å². The van der Waals surface area contributed by atoms with Crippen LogP contribution in [0.25, 0.3) is 110 Å². The van der Waals surface area contributed by atoms with E-state index in [4.69, 9.17) is 8.83 Å². The van der Waals surface area contributed by atoms with Gasteiger partial charge in [0.05, 0.1) is 5.39 Å². The van der Waals surface area contributed by atoms with Crippen molar-refractivity contribution in [3.05, 3.63) is 170 Å². The molecular weight excluding hydrogens is 609 g/mol. The Morgan fingerprint density at radius 3 is 1.60 bits per heavy atom. The Morgan fingerprint density at radius 1 is 0.320 bits per heavy atom. The molecule has 0 saturated carbocycles. The summed E-state index contributed by atoms with van der Waals surface area (Å²) in [5.74, 6) is 0.841. The molecule has 0 unspecified atom stereocenters. The molecule has 0 radical (unpaired) electrons. The van der Waals surface area contributed by atoms with E-state index in [0.29, 0.717) is 0 Å². The number of para-hydroxylation sites is 1. The van der Waals surface area contributed by atoms with Crippen LogP contribution in [0, 0.1) is 0 Å². The first-order valence-electron chi connectivity index (χ1n) is 17.1. The average Bonchev–Trinajstić information content (AvgIpc) is 3.76. The lowest BCUT2D eigenvalue weighted by atomic mass is 9.83. The van der Waals surface area contributed by atoms with Crippen LogP contribution in [0.1, 0.15) is 0 Å². The standard InChI is InChI=1S/C48H28O2/c1-2-14-29(15-3-1)47-46(45-42(50-47)27-26-39-34-20-12-13-25-41(34)49-48(39)45)44-37-23-10-8-21-35(37)43(36-22-9-11-24-38(36)44)40-28-30-16-4-5-17-31(30)32-18-6-7-19-33(32)40/h1-28H. The Hall–Kier alpha value is -6.64. The van der Waals surface area contributed by atoms with Gasteiger partial charge in [-0.15, -0.1) is 0 Å². The molecule has 9 aromatic carbocycles. The molecule has 11 aromatic rings. The fraction of sp³-hybridized carbons (Fsp3) is 0. The van der Waals surface area contributed by atoms with E-state index in [1.807, 2.05) is 12.1 Å². The van der Waals surface area contributed by atoms with E-state index in [9.17, 15) is 0 Å². The zero-order chi connectivity index (χ0) is 32.8. The highest BCUT2D eigenvalue weighted by molar-refractivity contribution is 6.30. The molecule has 232 valence electrons. The number of hydrogen-bond acceptors (Lipinski definition) is 2. The fourth-order valence-corrected chi connectivity index (χ4v) is 8.35. The highest BCUT2D eigenvalue weighted by atomic mass is 16.3. The summed E-state index contributed by atoms with van der Waals surface area (Å²) in [6.45, 7) is 0. The van der Waals surface area contributed by atoms with E-state index in [1.54, 1.807) is 0 Å². The van der Waals surface area contributed by atoms with Crippen molar-refractivity contribution < 1.29 is 8.83 Å².